The van der Waals surface area contributed by atoms with Crippen molar-refractivity contribution in [2.24, 2.45) is 0 Å². The first-order valence-electron chi connectivity index (χ1n) is 10.3. The van der Waals surface area contributed by atoms with E-state index in [4.69, 9.17) is 0 Å². The van der Waals surface area contributed by atoms with E-state index in [-0.39, 0.29) is 24.1 Å². The second-order valence-electron chi connectivity index (χ2n) is 7.99. The number of amides is 1. The Morgan fingerprint density at radius 2 is 1.81 bits per heavy atom. The summed E-state index contributed by atoms with van der Waals surface area (Å²) in [5.74, 6) is 0.210. The molecule has 2 heterocycles. The summed E-state index contributed by atoms with van der Waals surface area (Å²) in [7, 11) is 0. The molecule has 31 heavy (non-hydrogen) atoms. The first-order valence-corrected chi connectivity index (χ1v) is 11.2. The standard InChI is InChI=1S/C25H25N3O2S/c1-16(2)18-9-11-19(12-10-18)24(21-8-5-13-31-21)27-22(29)14-28-15-26-23-17(3)6-4-7-20(23)25(28)30/h4-13,15-16,24H,14H2,1-3H3,(H,27,29). The lowest BCUT2D eigenvalue weighted by atomic mass is 9.98. The Morgan fingerprint density at radius 1 is 1.06 bits per heavy atom. The van der Waals surface area contributed by atoms with Gasteiger partial charge in [0.25, 0.3) is 5.56 Å². The number of aryl methyl sites for hydroxylation is 1. The van der Waals surface area contributed by atoms with Gasteiger partial charge in [0.15, 0.2) is 0 Å². The Morgan fingerprint density at radius 3 is 2.48 bits per heavy atom. The summed E-state index contributed by atoms with van der Waals surface area (Å²) >= 11 is 1.60. The van der Waals surface area contributed by atoms with Gasteiger partial charge in [-0.3, -0.25) is 14.2 Å². The maximum atomic E-state index is 12.9. The van der Waals surface area contributed by atoms with Gasteiger partial charge < -0.3 is 5.32 Å². The van der Waals surface area contributed by atoms with Crippen LogP contribution in [0, 0.1) is 6.92 Å². The van der Waals surface area contributed by atoms with Crippen LogP contribution in [0.4, 0.5) is 0 Å². The van der Waals surface area contributed by atoms with E-state index in [1.807, 2.05) is 36.6 Å². The first-order chi connectivity index (χ1) is 14.9. The number of rotatable bonds is 6. The number of para-hydroxylation sites is 1. The van der Waals surface area contributed by atoms with Crippen molar-refractivity contribution in [1.82, 2.24) is 14.9 Å². The molecule has 0 spiro atoms. The van der Waals surface area contributed by atoms with E-state index >= 15 is 0 Å². The second-order valence-corrected chi connectivity index (χ2v) is 8.97. The van der Waals surface area contributed by atoms with Crippen molar-refractivity contribution < 1.29 is 4.79 Å². The normalized spacial score (nSPS) is 12.3. The number of carbonyl (C=O) groups excluding carboxylic acids is 1. The van der Waals surface area contributed by atoms with Crippen molar-refractivity contribution in [3.8, 4) is 0 Å². The number of nitrogens with zero attached hydrogens (tertiary/aromatic N) is 2. The van der Waals surface area contributed by atoms with Crippen LogP contribution in [0.15, 0.2) is 71.1 Å². The number of fused-ring (bicyclic) bond motifs is 1. The number of carbonyl (C=O) groups is 1. The predicted molar refractivity (Wildman–Crippen MR) is 126 cm³/mol. The number of hydrogen-bond acceptors (Lipinski definition) is 4. The van der Waals surface area contributed by atoms with Crippen LogP contribution in [-0.4, -0.2) is 15.5 Å². The van der Waals surface area contributed by atoms with Gasteiger partial charge in [0, 0.05) is 4.88 Å². The van der Waals surface area contributed by atoms with Crippen LogP contribution in [-0.2, 0) is 11.3 Å². The Labute approximate surface area is 185 Å². The molecule has 0 fully saturated rings. The van der Waals surface area contributed by atoms with Gasteiger partial charge in [-0.2, -0.15) is 0 Å². The van der Waals surface area contributed by atoms with E-state index in [0.717, 1.165) is 16.0 Å². The minimum Gasteiger partial charge on any atom is -0.343 e. The SMILES string of the molecule is Cc1cccc2c(=O)n(CC(=O)NC(c3ccc(C(C)C)cc3)c3cccs3)cnc12. The average Bonchev–Trinajstić information content (AvgIpc) is 3.29. The minimum atomic E-state index is -0.264. The Balaban J connectivity index is 1.59. The highest BCUT2D eigenvalue weighted by Crippen LogP contribution is 2.27. The average molecular weight is 432 g/mol. The fraction of sp³-hybridized carbons (Fsp3) is 0.240. The van der Waals surface area contributed by atoms with Crippen molar-refractivity contribution in [2.75, 3.05) is 0 Å². The molecule has 4 rings (SSSR count). The lowest BCUT2D eigenvalue weighted by molar-refractivity contribution is -0.122. The highest BCUT2D eigenvalue weighted by atomic mass is 32.1. The molecule has 0 saturated heterocycles. The van der Waals surface area contributed by atoms with Gasteiger partial charge in [0.1, 0.15) is 6.54 Å². The molecule has 2 aromatic carbocycles. The quantitative estimate of drug-likeness (QED) is 0.477. The molecule has 1 amide bonds. The summed E-state index contributed by atoms with van der Waals surface area (Å²) in [6, 6.07) is 17.6. The highest BCUT2D eigenvalue weighted by molar-refractivity contribution is 7.10. The molecular formula is C25H25N3O2S. The zero-order valence-corrected chi connectivity index (χ0v) is 18.6. The van der Waals surface area contributed by atoms with Crippen LogP contribution in [0.2, 0.25) is 0 Å². The molecule has 0 aliphatic heterocycles. The summed E-state index contributed by atoms with van der Waals surface area (Å²) in [6.07, 6.45) is 1.45. The molecule has 1 unspecified atom stereocenters. The van der Waals surface area contributed by atoms with Crippen LogP contribution in [0.5, 0.6) is 0 Å². The monoisotopic (exact) mass is 431 g/mol. The van der Waals surface area contributed by atoms with E-state index in [1.54, 1.807) is 17.4 Å². The van der Waals surface area contributed by atoms with Crippen molar-refractivity contribution >= 4 is 28.1 Å². The topological polar surface area (TPSA) is 64.0 Å². The molecule has 1 N–H and O–H groups in total. The predicted octanol–water partition coefficient (Wildman–Crippen LogP) is 4.80. The number of nitrogens with one attached hydrogen (secondary N) is 1. The molecular weight excluding hydrogens is 406 g/mol. The van der Waals surface area contributed by atoms with Crippen LogP contribution in [0.1, 0.15) is 47.4 Å². The summed E-state index contributed by atoms with van der Waals surface area (Å²) in [4.78, 5) is 31.2. The third-order valence-electron chi connectivity index (χ3n) is 5.44. The summed E-state index contributed by atoms with van der Waals surface area (Å²) in [6.45, 7) is 6.15. The number of hydrogen-bond donors (Lipinski definition) is 1. The van der Waals surface area contributed by atoms with Crippen LogP contribution >= 0.6 is 11.3 Å². The maximum Gasteiger partial charge on any atom is 0.261 e. The fourth-order valence-electron chi connectivity index (χ4n) is 3.66. The Kier molecular flexibility index (Phi) is 6.00. The third-order valence-corrected chi connectivity index (χ3v) is 6.38. The molecule has 0 aliphatic carbocycles. The summed E-state index contributed by atoms with van der Waals surface area (Å²) in [5, 5.41) is 5.62. The van der Waals surface area contributed by atoms with Crippen molar-refractivity contribution in [2.45, 2.75) is 39.3 Å². The van der Waals surface area contributed by atoms with E-state index < -0.39 is 0 Å². The summed E-state index contributed by atoms with van der Waals surface area (Å²) < 4.78 is 1.37. The van der Waals surface area contributed by atoms with E-state index in [0.29, 0.717) is 16.8 Å². The molecule has 0 aliphatic rings. The molecule has 0 bridgehead atoms. The largest absolute Gasteiger partial charge is 0.343 e. The van der Waals surface area contributed by atoms with Crippen LogP contribution in [0.25, 0.3) is 10.9 Å². The Hall–Kier alpha value is -3.25. The molecule has 0 saturated carbocycles. The lowest BCUT2D eigenvalue weighted by Gasteiger charge is -2.19. The third kappa shape index (κ3) is 4.44. The van der Waals surface area contributed by atoms with Gasteiger partial charge in [-0.05, 0) is 47.0 Å². The van der Waals surface area contributed by atoms with Crippen molar-refractivity contribution in [3.63, 3.8) is 0 Å². The maximum absolute atomic E-state index is 12.9. The lowest BCUT2D eigenvalue weighted by Crippen LogP contribution is -2.35. The summed E-state index contributed by atoms with van der Waals surface area (Å²) in [5.41, 5.74) is 3.67. The second kappa shape index (κ2) is 8.86. The van der Waals surface area contributed by atoms with Crippen molar-refractivity contribution in [3.05, 3.63) is 98.2 Å². The van der Waals surface area contributed by atoms with Gasteiger partial charge in [-0.1, -0.05) is 56.3 Å². The molecule has 1 atom stereocenters. The molecule has 4 aromatic rings. The molecule has 0 radical (unpaired) electrons. The molecule has 2 aromatic heterocycles. The fourth-order valence-corrected chi connectivity index (χ4v) is 4.46. The highest BCUT2D eigenvalue weighted by Gasteiger charge is 2.19. The van der Waals surface area contributed by atoms with E-state index in [1.165, 1.54) is 16.5 Å². The molecule has 5 nitrogen and oxygen atoms in total. The zero-order valence-electron chi connectivity index (χ0n) is 17.8. The zero-order chi connectivity index (χ0) is 22.0. The minimum absolute atomic E-state index is 0.0817. The van der Waals surface area contributed by atoms with Crippen LogP contribution in [0.3, 0.4) is 0 Å². The van der Waals surface area contributed by atoms with Gasteiger partial charge in [0.05, 0.1) is 23.3 Å². The van der Waals surface area contributed by atoms with Gasteiger partial charge in [-0.15, -0.1) is 11.3 Å². The van der Waals surface area contributed by atoms with Crippen LogP contribution < -0.4 is 10.9 Å². The van der Waals surface area contributed by atoms with Gasteiger partial charge in [0.2, 0.25) is 5.91 Å². The first kappa shape index (κ1) is 21.0. The van der Waals surface area contributed by atoms with Crippen molar-refractivity contribution in [1.29, 1.82) is 0 Å². The van der Waals surface area contributed by atoms with Gasteiger partial charge >= 0.3 is 0 Å². The van der Waals surface area contributed by atoms with Gasteiger partial charge in [-0.25, -0.2) is 4.98 Å². The molecule has 6 heteroatoms. The Bertz CT molecular complexity index is 1260. The number of aromatic nitrogens is 2. The number of benzene rings is 2. The molecule has 158 valence electrons. The van der Waals surface area contributed by atoms with E-state index in [2.05, 4.69) is 48.4 Å². The van der Waals surface area contributed by atoms with E-state index in [9.17, 15) is 9.59 Å². The number of thiophene rings is 1. The smallest absolute Gasteiger partial charge is 0.261 e.